The van der Waals surface area contributed by atoms with Crippen LogP contribution in [0.3, 0.4) is 0 Å². The fourth-order valence-electron chi connectivity index (χ4n) is 11.1. The fourth-order valence-corrected chi connectivity index (χ4v) is 11.1. The molecule has 4 aromatic rings. The first-order chi connectivity index (χ1) is 47.7. The SMILES string of the molecule is CC(C)C[C@H]1C(=O)O[C@H](Cc2ccc(Cn3cc(OCCNC(=O)OC(C)(C)C)cn3)cc2)C(=O)N(C)[C@@H](CC(C)C)C(=O)O[C@H](C)C(=O)N(C)[C@@H](CC(C)C)C(=O)O[C@H](Cc2ccc(Cn3cc(OCCNC(=O)OC(C)(C)C)cn3)cc2)C(=O)N(C)[C@@H](CC(C)C)C(=O)O[C@H](C)C(=O)N1C. The van der Waals surface area contributed by atoms with Gasteiger partial charge >= 0.3 is 36.1 Å². The van der Waals surface area contributed by atoms with Crippen LogP contribution in [0.15, 0.2) is 73.3 Å². The molecule has 0 unspecified atom stereocenters. The van der Waals surface area contributed by atoms with E-state index in [2.05, 4.69) is 20.8 Å². The number of esters is 4. The molecule has 0 aliphatic carbocycles. The van der Waals surface area contributed by atoms with Crippen molar-refractivity contribution in [3.8, 4) is 11.5 Å². The molecule has 0 spiro atoms. The summed E-state index contributed by atoms with van der Waals surface area (Å²) in [6.07, 6.45) is -1.22. The molecule has 0 radical (unpaired) electrons. The van der Waals surface area contributed by atoms with Gasteiger partial charge in [0.2, 0.25) is 0 Å². The second kappa shape index (κ2) is 38.1. The molecule has 28 nitrogen and oxygen atoms in total. The average Bonchev–Trinajstić information content (AvgIpc) is 1.10. The van der Waals surface area contributed by atoms with Crippen LogP contribution in [0.1, 0.15) is 159 Å². The quantitative estimate of drug-likeness (QED) is 0.0381. The molecule has 1 fully saturated rings. The Labute approximate surface area is 600 Å². The normalized spacial score (nSPS) is 20.9. The van der Waals surface area contributed by atoms with Crippen LogP contribution in [-0.2, 0) is 92.7 Å². The van der Waals surface area contributed by atoms with Gasteiger partial charge in [0.25, 0.3) is 23.6 Å². The Morgan fingerprint density at radius 1 is 0.441 bits per heavy atom. The van der Waals surface area contributed by atoms with E-state index in [9.17, 15) is 38.4 Å². The van der Waals surface area contributed by atoms with E-state index in [4.69, 9.17) is 37.9 Å². The topological polar surface area (TPSA) is 317 Å². The number of aromatic nitrogens is 4. The van der Waals surface area contributed by atoms with E-state index in [0.29, 0.717) is 35.7 Å². The van der Waals surface area contributed by atoms with Gasteiger partial charge in [0, 0.05) is 41.0 Å². The third-order valence-electron chi connectivity index (χ3n) is 16.4. The number of hydrogen-bond acceptors (Lipinski definition) is 20. The summed E-state index contributed by atoms with van der Waals surface area (Å²) in [7, 11) is 5.47. The molecule has 564 valence electrons. The number of hydrogen-bond donors (Lipinski definition) is 2. The van der Waals surface area contributed by atoms with Gasteiger partial charge in [-0.05, 0) is 127 Å². The fraction of sp³-hybridized carbons (Fsp3) is 0.622. The smallest absolute Gasteiger partial charge is 0.407 e. The number of rotatable bonds is 24. The van der Waals surface area contributed by atoms with Crippen molar-refractivity contribution < 1.29 is 85.8 Å². The first-order valence-corrected chi connectivity index (χ1v) is 35.0. The van der Waals surface area contributed by atoms with Crippen LogP contribution in [0.25, 0.3) is 0 Å². The summed E-state index contributed by atoms with van der Waals surface area (Å²) >= 11 is 0. The molecule has 5 rings (SSSR count). The second-order valence-corrected chi connectivity index (χ2v) is 29.7. The molecule has 28 heteroatoms. The molecule has 2 N–H and O–H groups in total. The number of amides is 6. The summed E-state index contributed by atoms with van der Waals surface area (Å²) in [4.78, 5) is 148. The molecule has 6 amide bonds. The Bertz CT molecular complexity index is 3200. The monoisotopic (exact) mass is 1430 g/mol. The maximum absolute atomic E-state index is 15.2. The summed E-state index contributed by atoms with van der Waals surface area (Å²) in [5, 5.41) is 14.1. The molecule has 0 saturated carbocycles. The van der Waals surface area contributed by atoms with Crippen LogP contribution in [0.2, 0.25) is 0 Å². The van der Waals surface area contributed by atoms with E-state index < -0.39 is 119 Å². The van der Waals surface area contributed by atoms with Gasteiger partial charge in [-0.15, -0.1) is 0 Å². The molecule has 3 heterocycles. The highest BCUT2D eigenvalue weighted by Crippen LogP contribution is 2.26. The number of benzene rings is 2. The predicted octanol–water partition coefficient (Wildman–Crippen LogP) is 7.96. The van der Waals surface area contributed by atoms with E-state index >= 15 is 9.59 Å². The molecule has 1 aliphatic rings. The van der Waals surface area contributed by atoms with Crippen molar-refractivity contribution in [3.05, 3.63) is 95.6 Å². The van der Waals surface area contributed by atoms with Crippen molar-refractivity contribution in [3.63, 3.8) is 0 Å². The van der Waals surface area contributed by atoms with Crippen molar-refractivity contribution in [1.29, 1.82) is 0 Å². The van der Waals surface area contributed by atoms with E-state index in [1.807, 2.05) is 79.7 Å². The van der Waals surface area contributed by atoms with Gasteiger partial charge in [-0.3, -0.25) is 28.5 Å². The van der Waals surface area contributed by atoms with Crippen molar-refractivity contribution in [1.82, 2.24) is 49.8 Å². The standard InChI is InChI=1S/C74H110N10O18/c1-45(2)33-57-67(89)97-49(9)63(85)79(17)60(36-48(7)8)70(92)100-62(38-52-23-27-54(28-24-52)42-84-44-56(40-78-84)96-32-30-76-72(94)102-74(14,15)16)66(88)82(20)58(34-46(3)4)68(90)98-50(10)64(86)80(18)59(35-47(5)6)69(91)99-61(65(87)81(57)19)37-51-21-25-53(26-22-51)41-83-43-55(39-77-83)95-31-29-75-71(93)101-73(11,12)13/h21-28,39-40,43-50,57-62H,29-38,41-42H2,1-20H3,(H,75,93)(H,76,94)/t49-,50-,57+,58+,59+,60+,61-,62-/m1/s1. The van der Waals surface area contributed by atoms with Crippen LogP contribution in [-0.4, -0.2) is 213 Å². The summed E-state index contributed by atoms with van der Waals surface area (Å²) in [6, 6.07) is 8.87. The zero-order valence-electron chi connectivity index (χ0n) is 63.3. The molecule has 0 bridgehead atoms. The van der Waals surface area contributed by atoms with E-state index in [1.165, 1.54) is 42.0 Å². The Morgan fingerprint density at radius 3 is 1.00 bits per heavy atom. The van der Waals surface area contributed by atoms with Crippen LogP contribution in [0, 0.1) is 23.7 Å². The highest BCUT2D eigenvalue weighted by Gasteiger charge is 2.43. The largest absolute Gasteiger partial charge is 0.488 e. The van der Waals surface area contributed by atoms with Gasteiger partial charge in [0.15, 0.2) is 35.9 Å². The maximum atomic E-state index is 15.2. The minimum absolute atomic E-state index is 0.0346. The van der Waals surface area contributed by atoms with Gasteiger partial charge in [-0.2, -0.15) is 10.2 Å². The lowest BCUT2D eigenvalue weighted by molar-refractivity contribution is -0.176. The van der Waals surface area contributed by atoms with Gasteiger partial charge < -0.3 is 68.1 Å². The van der Waals surface area contributed by atoms with Gasteiger partial charge in [-0.25, -0.2) is 28.8 Å². The molecule has 8 atom stereocenters. The van der Waals surface area contributed by atoms with Gasteiger partial charge in [-0.1, -0.05) is 104 Å². The van der Waals surface area contributed by atoms with Crippen molar-refractivity contribution in [2.75, 3.05) is 54.5 Å². The first kappa shape index (κ1) is 83.4. The van der Waals surface area contributed by atoms with Crippen molar-refractivity contribution >= 4 is 59.7 Å². The highest BCUT2D eigenvalue weighted by atomic mass is 16.6. The number of likely N-dealkylation sites (N-methyl/N-ethyl adjacent to an activating group) is 4. The van der Waals surface area contributed by atoms with E-state index in [1.54, 1.807) is 100.0 Å². The highest BCUT2D eigenvalue weighted by molar-refractivity contribution is 5.94. The number of nitrogens with one attached hydrogen (secondary N) is 2. The molecule has 2 aromatic heterocycles. The third kappa shape index (κ3) is 26.9. The Balaban J connectivity index is 1.48. The molecule has 2 aromatic carbocycles. The number of alkyl carbamates (subject to hydrolysis) is 2. The zero-order chi connectivity index (χ0) is 76.1. The van der Waals surface area contributed by atoms with Crippen LogP contribution < -0.4 is 20.1 Å². The van der Waals surface area contributed by atoms with E-state index in [0.717, 1.165) is 30.7 Å². The predicted molar refractivity (Wildman–Crippen MR) is 377 cm³/mol. The van der Waals surface area contributed by atoms with Crippen molar-refractivity contribution in [2.24, 2.45) is 23.7 Å². The second-order valence-electron chi connectivity index (χ2n) is 29.7. The summed E-state index contributed by atoms with van der Waals surface area (Å²) in [5.74, 6) is -7.07. The van der Waals surface area contributed by atoms with Gasteiger partial charge in [0.05, 0.1) is 51.0 Å². The Hall–Kier alpha value is -9.24. The number of ether oxygens (including phenoxy) is 8. The number of nitrogens with zero attached hydrogens (tertiary/aromatic N) is 8. The minimum Gasteiger partial charge on any atom is -0.488 e. The summed E-state index contributed by atoms with van der Waals surface area (Å²) in [5.41, 5.74) is 1.40. The lowest BCUT2D eigenvalue weighted by atomic mass is 9.99. The third-order valence-corrected chi connectivity index (χ3v) is 16.4. The number of cyclic esters (lactones) is 4. The zero-order valence-corrected chi connectivity index (χ0v) is 63.3. The summed E-state index contributed by atoms with van der Waals surface area (Å²) < 4.78 is 49.8. The first-order valence-electron chi connectivity index (χ1n) is 35.0. The Morgan fingerprint density at radius 2 is 0.716 bits per heavy atom. The summed E-state index contributed by atoms with van der Waals surface area (Å²) in [6.45, 7) is 29.3. The molecule has 1 aliphatic heterocycles. The average molecular weight is 1430 g/mol. The lowest BCUT2D eigenvalue weighted by Gasteiger charge is -2.35. The van der Waals surface area contributed by atoms with Crippen LogP contribution >= 0.6 is 0 Å². The number of carbonyl (C=O) groups excluding carboxylic acids is 10. The minimum atomic E-state index is -1.61. The van der Waals surface area contributed by atoms with Crippen LogP contribution in [0.4, 0.5) is 9.59 Å². The lowest BCUT2D eigenvalue weighted by Crippen LogP contribution is -2.55. The van der Waals surface area contributed by atoms with Gasteiger partial charge in [0.1, 0.15) is 48.6 Å². The molecular formula is C74H110N10O18. The molecule has 102 heavy (non-hydrogen) atoms. The molecular weight excluding hydrogens is 1320 g/mol. The Kier molecular flexibility index (Phi) is 31.2. The maximum Gasteiger partial charge on any atom is 0.407 e. The molecule has 1 saturated heterocycles. The number of carbonyl (C=O) groups is 10. The van der Waals surface area contributed by atoms with Crippen LogP contribution in [0.5, 0.6) is 11.5 Å². The van der Waals surface area contributed by atoms with Crippen molar-refractivity contribution in [2.45, 2.75) is 222 Å². The van der Waals surface area contributed by atoms with E-state index in [-0.39, 0.29) is 88.5 Å².